The Bertz CT molecular complexity index is 948. The van der Waals surface area contributed by atoms with Gasteiger partial charge in [-0.1, -0.05) is 58.4 Å². The Morgan fingerprint density at radius 1 is 1.13 bits per heavy atom. The number of nitrogens with two attached hydrogens (primary N) is 1. The highest BCUT2D eigenvalue weighted by Gasteiger charge is 2.77. The van der Waals surface area contributed by atoms with Gasteiger partial charge >= 0.3 is 0 Å². The SMILES string of the molecule is CC1(C)C2CN[C@](C(N)=O)(C(=O)C(NC(=O)C3CC3)(c3ccc(Cl)cc3)C(C)(C)C)[C@@H]21. The number of nitrogens with one attached hydrogen (secondary N) is 2. The fourth-order valence-corrected chi connectivity index (χ4v) is 5.91. The van der Waals surface area contributed by atoms with Gasteiger partial charge in [0.2, 0.25) is 11.8 Å². The van der Waals surface area contributed by atoms with E-state index < -0.39 is 22.4 Å². The van der Waals surface area contributed by atoms with Crippen LogP contribution in [0.3, 0.4) is 0 Å². The van der Waals surface area contributed by atoms with E-state index in [2.05, 4.69) is 24.5 Å². The van der Waals surface area contributed by atoms with Gasteiger partial charge in [0, 0.05) is 23.4 Å². The van der Waals surface area contributed by atoms with E-state index >= 15 is 0 Å². The number of Topliss-reactive ketones (excluding diaryl/α,β-unsaturated/α-hetero) is 1. The van der Waals surface area contributed by atoms with Gasteiger partial charge in [0.15, 0.2) is 11.3 Å². The quantitative estimate of drug-likeness (QED) is 0.586. The van der Waals surface area contributed by atoms with Crippen LogP contribution in [-0.4, -0.2) is 29.7 Å². The highest BCUT2D eigenvalue weighted by Crippen LogP contribution is 2.67. The lowest BCUT2D eigenvalue weighted by molar-refractivity contribution is -0.148. The number of primary amides is 1. The molecular formula is C24H32ClN3O3. The molecule has 0 radical (unpaired) electrons. The highest BCUT2D eigenvalue weighted by molar-refractivity contribution is 6.30. The minimum absolute atomic E-state index is 0.104. The van der Waals surface area contributed by atoms with Gasteiger partial charge < -0.3 is 11.1 Å². The normalized spacial score (nSPS) is 30.8. The summed E-state index contributed by atoms with van der Waals surface area (Å²) in [7, 11) is 0. The maximum atomic E-state index is 14.7. The summed E-state index contributed by atoms with van der Waals surface area (Å²) in [5.74, 6) is -1.36. The summed E-state index contributed by atoms with van der Waals surface area (Å²) >= 11 is 6.14. The lowest BCUT2D eigenvalue weighted by Gasteiger charge is -2.49. The third kappa shape index (κ3) is 3.05. The zero-order valence-corrected chi connectivity index (χ0v) is 19.6. The van der Waals surface area contributed by atoms with E-state index in [-0.39, 0.29) is 34.9 Å². The number of fused-ring (bicyclic) bond motifs is 1. The van der Waals surface area contributed by atoms with E-state index in [1.54, 1.807) is 24.3 Å². The number of rotatable bonds is 6. The Hall–Kier alpha value is -1.92. The van der Waals surface area contributed by atoms with Crippen molar-refractivity contribution in [2.24, 2.45) is 34.3 Å². The van der Waals surface area contributed by atoms with Crippen LogP contribution in [0, 0.1) is 28.6 Å². The molecule has 4 N–H and O–H groups in total. The maximum absolute atomic E-state index is 14.7. The van der Waals surface area contributed by atoms with E-state index in [0.29, 0.717) is 17.1 Å². The van der Waals surface area contributed by atoms with Crippen LogP contribution < -0.4 is 16.4 Å². The number of piperidine rings is 1. The van der Waals surface area contributed by atoms with E-state index in [0.717, 1.165) is 12.8 Å². The first-order chi connectivity index (χ1) is 14.3. The molecule has 1 aromatic rings. The minimum Gasteiger partial charge on any atom is -0.368 e. The minimum atomic E-state index is -1.54. The van der Waals surface area contributed by atoms with Gasteiger partial charge in [-0.3, -0.25) is 19.7 Å². The molecule has 3 fully saturated rings. The van der Waals surface area contributed by atoms with Crippen LogP contribution in [0.4, 0.5) is 0 Å². The van der Waals surface area contributed by atoms with Crippen molar-refractivity contribution in [1.82, 2.24) is 10.6 Å². The molecule has 2 aliphatic carbocycles. The molecule has 31 heavy (non-hydrogen) atoms. The second kappa shape index (κ2) is 6.79. The molecule has 1 saturated heterocycles. The van der Waals surface area contributed by atoms with Crippen molar-refractivity contribution >= 4 is 29.2 Å². The van der Waals surface area contributed by atoms with Crippen molar-refractivity contribution in [3.8, 4) is 0 Å². The fourth-order valence-electron chi connectivity index (χ4n) is 5.79. The molecule has 2 amide bonds. The first-order valence-corrected chi connectivity index (χ1v) is 11.4. The Kier molecular flexibility index (Phi) is 4.88. The summed E-state index contributed by atoms with van der Waals surface area (Å²) in [4.78, 5) is 40.7. The molecule has 7 heteroatoms. The summed E-state index contributed by atoms with van der Waals surface area (Å²) in [6, 6.07) is 6.93. The largest absolute Gasteiger partial charge is 0.368 e. The second-order valence-electron chi connectivity index (χ2n) is 11.1. The van der Waals surface area contributed by atoms with E-state index in [9.17, 15) is 14.4 Å². The monoisotopic (exact) mass is 445 g/mol. The smallest absolute Gasteiger partial charge is 0.245 e. The van der Waals surface area contributed by atoms with E-state index in [1.807, 2.05) is 20.8 Å². The predicted octanol–water partition coefficient (Wildman–Crippen LogP) is 2.78. The van der Waals surface area contributed by atoms with Crippen molar-refractivity contribution in [3.63, 3.8) is 0 Å². The molecule has 0 bridgehead atoms. The van der Waals surface area contributed by atoms with Crippen molar-refractivity contribution in [1.29, 1.82) is 0 Å². The molecule has 168 valence electrons. The topological polar surface area (TPSA) is 101 Å². The molecule has 6 nitrogen and oxygen atoms in total. The highest BCUT2D eigenvalue weighted by atomic mass is 35.5. The standard InChI is InChI=1S/C24H32ClN3O3/c1-21(2,3)24(28-18(29)13-6-7-13,14-8-10-15(25)11-9-14)19(30)23(20(26)31)17-16(12-27-23)22(17,4)5/h8-11,13,16-17,27H,6-7,12H2,1-5H3,(H2,26,31)(H,28,29)/t16?,17-,23-,24?/m0/s1. The average Bonchev–Trinajstić information content (AvgIpc) is 3.55. The Morgan fingerprint density at radius 3 is 2.13 bits per heavy atom. The third-order valence-electron chi connectivity index (χ3n) is 7.87. The summed E-state index contributed by atoms with van der Waals surface area (Å²) < 4.78 is 0. The van der Waals surface area contributed by atoms with Crippen molar-refractivity contribution < 1.29 is 14.4 Å². The lowest BCUT2D eigenvalue weighted by Crippen LogP contribution is -2.72. The number of carbonyl (C=O) groups excluding carboxylic acids is 3. The van der Waals surface area contributed by atoms with Crippen molar-refractivity contribution in [3.05, 3.63) is 34.9 Å². The molecule has 2 unspecified atom stereocenters. The third-order valence-corrected chi connectivity index (χ3v) is 8.12. The number of hydrogen-bond acceptors (Lipinski definition) is 4. The van der Waals surface area contributed by atoms with Crippen LogP contribution in [-0.2, 0) is 19.9 Å². The van der Waals surface area contributed by atoms with Crippen LogP contribution in [0.5, 0.6) is 0 Å². The zero-order chi connectivity index (χ0) is 23.0. The fraction of sp³-hybridized carbons (Fsp3) is 0.625. The van der Waals surface area contributed by atoms with Gasteiger partial charge in [-0.05, 0) is 47.3 Å². The molecule has 4 rings (SSSR count). The maximum Gasteiger partial charge on any atom is 0.245 e. The van der Waals surface area contributed by atoms with E-state index in [4.69, 9.17) is 17.3 Å². The van der Waals surface area contributed by atoms with E-state index in [1.165, 1.54) is 0 Å². The van der Waals surface area contributed by atoms with Crippen molar-refractivity contribution in [2.45, 2.75) is 58.5 Å². The summed E-state index contributed by atoms with van der Waals surface area (Å²) in [6.45, 7) is 10.4. The lowest BCUT2D eigenvalue weighted by atomic mass is 9.61. The summed E-state index contributed by atoms with van der Waals surface area (Å²) in [6.07, 6.45) is 1.61. The number of ketones is 1. The van der Waals surface area contributed by atoms with Crippen LogP contribution in [0.1, 0.15) is 53.0 Å². The van der Waals surface area contributed by atoms with Crippen LogP contribution >= 0.6 is 11.6 Å². The number of carbonyl (C=O) groups is 3. The molecule has 0 spiro atoms. The Labute approximate surface area is 188 Å². The molecule has 0 aromatic heterocycles. The molecule has 3 aliphatic rings. The van der Waals surface area contributed by atoms with Crippen LogP contribution in [0.15, 0.2) is 24.3 Å². The summed E-state index contributed by atoms with van der Waals surface area (Å²) in [5.41, 5.74) is 2.64. The Balaban J connectivity index is 1.92. The van der Waals surface area contributed by atoms with Gasteiger partial charge in [0.05, 0.1) is 0 Å². The molecule has 1 heterocycles. The predicted molar refractivity (Wildman–Crippen MR) is 119 cm³/mol. The Morgan fingerprint density at radius 2 is 1.71 bits per heavy atom. The summed E-state index contributed by atoms with van der Waals surface area (Å²) in [5, 5.41) is 6.84. The molecule has 2 saturated carbocycles. The molecular weight excluding hydrogens is 414 g/mol. The van der Waals surface area contributed by atoms with Gasteiger partial charge in [-0.25, -0.2) is 0 Å². The van der Waals surface area contributed by atoms with Crippen LogP contribution in [0.2, 0.25) is 5.02 Å². The van der Waals surface area contributed by atoms with Crippen LogP contribution in [0.25, 0.3) is 0 Å². The second-order valence-corrected chi connectivity index (χ2v) is 11.5. The van der Waals surface area contributed by atoms with Crippen molar-refractivity contribution in [2.75, 3.05) is 6.54 Å². The van der Waals surface area contributed by atoms with Gasteiger partial charge in [0.25, 0.3) is 0 Å². The van der Waals surface area contributed by atoms with Gasteiger partial charge in [0.1, 0.15) is 5.54 Å². The van der Waals surface area contributed by atoms with Gasteiger partial charge in [-0.15, -0.1) is 0 Å². The molecule has 1 aliphatic heterocycles. The number of amides is 2. The zero-order valence-electron chi connectivity index (χ0n) is 18.8. The molecule has 1 aromatic carbocycles. The number of benzene rings is 1. The number of hydrogen-bond donors (Lipinski definition) is 3. The number of halogens is 1. The average molecular weight is 446 g/mol. The molecule has 4 atom stereocenters. The first kappa shape index (κ1) is 22.3. The first-order valence-electron chi connectivity index (χ1n) is 11.0. The van der Waals surface area contributed by atoms with Gasteiger partial charge in [-0.2, -0.15) is 0 Å².